The van der Waals surface area contributed by atoms with Gasteiger partial charge in [-0.15, -0.1) is 0 Å². The molecule has 1 fully saturated rings. The predicted octanol–water partition coefficient (Wildman–Crippen LogP) is 1.09. The van der Waals surface area contributed by atoms with E-state index >= 15 is 0 Å². The second-order valence-electron chi connectivity index (χ2n) is 5.45. The van der Waals surface area contributed by atoms with E-state index in [9.17, 15) is 9.90 Å². The number of aliphatic hydroxyl groups excluding tert-OH is 1. The average Bonchev–Trinajstić information content (AvgIpc) is 2.63. The summed E-state index contributed by atoms with van der Waals surface area (Å²) in [5, 5.41) is 9.44. The molecule has 0 saturated carbocycles. The first-order valence-corrected chi connectivity index (χ1v) is 6.59. The first-order valence-electron chi connectivity index (χ1n) is 6.59. The quantitative estimate of drug-likeness (QED) is 0.785. The molecule has 0 aromatic rings. The molecule has 100 valence electrons. The van der Waals surface area contributed by atoms with Crippen molar-refractivity contribution in [3.63, 3.8) is 0 Å². The second-order valence-corrected chi connectivity index (χ2v) is 5.45. The summed E-state index contributed by atoms with van der Waals surface area (Å²) in [6.45, 7) is 7.34. The van der Waals surface area contributed by atoms with Crippen LogP contribution in [0.2, 0.25) is 0 Å². The monoisotopic (exact) mass is 242 g/mol. The Morgan fingerprint density at radius 3 is 2.65 bits per heavy atom. The third kappa shape index (κ3) is 4.28. The number of amides is 1. The Hall–Kier alpha value is -0.610. The Morgan fingerprint density at radius 1 is 1.47 bits per heavy atom. The number of aliphatic hydroxyl groups is 1. The van der Waals surface area contributed by atoms with Crippen LogP contribution >= 0.6 is 0 Å². The fourth-order valence-corrected chi connectivity index (χ4v) is 2.34. The standard InChI is InChI=1S/C13H26N2O2/c1-10(2)14(4)13(17)9-15-7-5-6-12(15)8-11(3)16/h10-12,16H,5-9H2,1-4H3. The molecule has 1 N–H and O–H groups in total. The zero-order valence-corrected chi connectivity index (χ0v) is 11.5. The third-order valence-electron chi connectivity index (χ3n) is 3.62. The normalized spacial score (nSPS) is 23.1. The molecule has 0 spiro atoms. The van der Waals surface area contributed by atoms with Gasteiger partial charge in [-0.25, -0.2) is 0 Å². The molecule has 0 bridgehead atoms. The Labute approximate surface area is 105 Å². The summed E-state index contributed by atoms with van der Waals surface area (Å²) >= 11 is 0. The van der Waals surface area contributed by atoms with Crippen molar-refractivity contribution in [2.75, 3.05) is 20.1 Å². The van der Waals surface area contributed by atoms with Gasteiger partial charge in [0.15, 0.2) is 0 Å². The summed E-state index contributed by atoms with van der Waals surface area (Å²) in [7, 11) is 1.85. The molecule has 0 radical (unpaired) electrons. The molecule has 4 heteroatoms. The lowest BCUT2D eigenvalue weighted by atomic mass is 10.1. The maximum absolute atomic E-state index is 12.0. The highest BCUT2D eigenvalue weighted by Gasteiger charge is 2.28. The van der Waals surface area contributed by atoms with Crippen LogP contribution in [0.25, 0.3) is 0 Å². The number of carbonyl (C=O) groups excluding carboxylic acids is 1. The topological polar surface area (TPSA) is 43.8 Å². The Kier molecular flexibility index (Phi) is 5.40. The van der Waals surface area contributed by atoms with Crippen LogP contribution in [-0.2, 0) is 4.79 Å². The molecule has 1 heterocycles. The van der Waals surface area contributed by atoms with Gasteiger partial charge in [-0.2, -0.15) is 0 Å². The maximum atomic E-state index is 12.0. The zero-order valence-electron chi connectivity index (χ0n) is 11.5. The van der Waals surface area contributed by atoms with Crippen molar-refractivity contribution < 1.29 is 9.90 Å². The molecule has 0 aliphatic carbocycles. The maximum Gasteiger partial charge on any atom is 0.236 e. The zero-order chi connectivity index (χ0) is 13.0. The van der Waals surface area contributed by atoms with E-state index in [1.807, 2.05) is 27.8 Å². The third-order valence-corrected chi connectivity index (χ3v) is 3.62. The number of hydrogen-bond donors (Lipinski definition) is 1. The fraction of sp³-hybridized carbons (Fsp3) is 0.923. The minimum Gasteiger partial charge on any atom is -0.393 e. The summed E-state index contributed by atoms with van der Waals surface area (Å²) in [5.41, 5.74) is 0. The highest BCUT2D eigenvalue weighted by Crippen LogP contribution is 2.21. The van der Waals surface area contributed by atoms with Crippen LogP contribution in [0.15, 0.2) is 0 Å². The van der Waals surface area contributed by atoms with E-state index in [-0.39, 0.29) is 18.1 Å². The van der Waals surface area contributed by atoms with Crippen LogP contribution in [-0.4, -0.2) is 59.1 Å². The summed E-state index contributed by atoms with van der Waals surface area (Å²) in [6.07, 6.45) is 2.73. The van der Waals surface area contributed by atoms with E-state index in [0.717, 1.165) is 25.8 Å². The van der Waals surface area contributed by atoms with Gasteiger partial charge in [0.2, 0.25) is 5.91 Å². The van der Waals surface area contributed by atoms with Crippen LogP contribution in [0, 0.1) is 0 Å². The molecule has 1 aliphatic rings. The highest BCUT2D eigenvalue weighted by atomic mass is 16.3. The Bertz CT molecular complexity index is 254. The van der Waals surface area contributed by atoms with Gasteiger partial charge in [-0.05, 0) is 46.6 Å². The van der Waals surface area contributed by atoms with Crippen molar-refractivity contribution in [2.45, 2.75) is 58.2 Å². The van der Waals surface area contributed by atoms with E-state index in [4.69, 9.17) is 0 Å². The molecule has 4 nitrogen and oxygen atoms in total. The van der Waals surface area contributed by atoms with E-state index < -0.39 is 0 Å². The summed E-state index contributed by atoms with van der Waals surface area (Å²) < 4.78 is 0. The summed E-state index contributed by atoms with van der Waals surface area (Å²) in [5.74, 6) is 0.178. The van der Waals surface area contributed by atoms with Gasteiger partial charge in [0.05, 0.1) is 12.6 Å². The highest BCUT2D eigenvalue weighted by molar-refractivity contribution is 5.78. The lowest BCUT2D eigenvalue weighted by Gasteiger charge is -2.28. The van der Waals surface area contributed by atoms with Gasteiger partial charge in [0.25, 0.3) is 0 Å². The van der Waals surface area contributed by atoms with Crippen LogP contribution < -0.4 is 0 Å². The van der Waals surface area contributed by atoms with Crippen molar-refractivity contribution in [2.24, 2.45) is 0 Å². The predicted molar refractivity (Wildman–Crippen MR) is 68.8 cm³/mol. The SMILES string of the molecule is CC(O)CC1CCCN1CC(=O)N(C)C(C)C. The number of nitrogens with zero attached hydrogens (tertiary/aromatic N) is 2. The number of hydrogen-bond acceptors (Lipinski definition) is 3. The number of likely N-dealkylation sites (tertiary alicyclic amines) is 1. The lowest BCUT2D eigenvalue weighted by Crippen LogP contribution is -2.43. The average molecular weight is 242 g/mol. The van der Waals surface area contributed by atoms with Gasteiger partial charge < -0.3 is 10.0 Å². The van der Waals surface area contributed by atoms with E-state index in [2.05, 4.69) is 4.90 Å². The molecular weight excluding hydrogens is 216 g/mol. The second kappa shape index (κ2) is 6.36. The van der Waals surface area contributed by atoms with Gasteiger partial charge in [-0.3, -0.25) is 9.69 Å². The molecular formula is C13H26N2O2. The number of likely N-dealkylation sites (N-methyl/N-ethyl adjacent to an activating group) is 1. The van der Waals surface area contributed by atoms with E-state index in [1.165, 1.54) is 0 Å². The molecule has 17 heavy (non-hydrogen) atoms. The molecule has 1 aliphatic heterocycles. The largest absolute Gasteiger partial charge is 0.393 e. The summed E-state index contributed by atoms with van der Waals surface area (Å²) in [4.78, 5) is 16.0. The molecule has 1 amide bonds. The fourth-order valence-electron chi connectivity index (χ4n) is 2.34. The lowest BCUT2D eigenvalue weighted by molar-refractivity contribution is -0.132. The molecule has 1 rings (SSSR count). The molecule has 1 saturated heterocycles. The van der Waals surface area contributed by atoms with Crippen LogP contribution in [0.5, 0.6) is 0 Å². The molecule has 0 aromatic carbocycles. The minimum atomic E-state index is -0.279. The Morgan fingerprint density at radius 2 is 2.12 bits per heavy atom. The van der Waals surface area contributed by atoms with Crippen molar-refractivity contribution in [1.82, 2.24) is 9.80 Å². The first-order chi connectivity index (χ1) is 7.91. The molecule has 2 atom stereocenters. The van der Waals surface area contributed by atoms with Crippen LogP contribution in [0.1, 0.15) is 40.0 Å². The first kappa shape index (κ1) is 14.5. The van der Waals surface area contributed by atoms with Crippen LogP contribution in [0.3, 0.4) is 0 Å². The number of carbonyl (C=O) groups is 1. The van der Waals surface area contributed by atoms with E-state index in [0.29, 0.717) is 12.6 Å². The van der Waals surface area contributed by atoms with E-state index in [1.54, 1.807) is 4.90 Å². The minimum absolute atomic E-state index is 0.178. The van der Waals surface area contributed by atoms with Crippen molar-refractivity contribution in [3.05, 3.63) is 0 Å². The van der Waals surface area contributed by atoms with Gasteiger partial charge >= 0.3 is 0 Å². The van der Waals surface area contributed by atoms with Gasteiger partial charge in [0.1, 0.15) is 0 Å². The molecule has 0 aromatic heterocycles. The van der Waals surface area contributed by atoms with Crippen molar-refractivity contribution >= 4 is 5.91 Å². The summed E-state index contributed by atoms with van der Waals surface area (Å²) in [6, 6.07) is 0.625. The van der Waals surface area contributed by atoms with Crippen molar-refractivity contribution in [1.29, 1.82) is 0 Å². The number of rotatable bonds is 5. The van der Waals surface area contributed by atoms with Crippen LogP contribution in [0.4, 0.5) is 0 Å². The Balaban J connectivity index is 2.47. The molecule has 2 unspecified atom stereocenters. The van der Waals surface area contributed by atoms with Gasteiger partial charge in [-0.1, -0.05) is 0 Å². The van der Waals surface area contributed by atoms with Gasteiger partial charge in [0, 0.05) is 19.1 Å². The smallest absolute Gasteiger partial charge is 0.236 e. The van der Waals surface area contributed by atoms with Crippen molar-refractivity contribution in [3.8, 4) is 0 Å².